The van der Waals surface area contributed by atoms with E-state index in [0.717, 1.165) is 10.0 Å². The minimum absolute atomic E-state index is 0.289. The second-order valence-electron chi connectivity index (χ2n) is 4.91. The van der Waals surface area contributed by atoms with Crippen molar-refractivity contribution in [2.24, 2.45) is 5.10 Å². The van der Waals surface area contributed by atoms with E-state index in [1.807, 2.05) is 18.2 Å². The van der Waals surface area contributed by atoms with Gasteiger partial charge in [0, 0.05) is 20.6 Å². The van der Waals surface area contributed by atoms with Gasteiger partial charge in [-0.25, -0.2) is 5.43 Å². The molecule has 0 spiro atoms. The van der Waals surface area contributed by atoms with Gasteiger partial charge in [0.2, 0.25) is 0 Å². The van der Waals surface area contributed by atoms with Crippen LogP contribution in [0.5, 0.6) is 0 Å². The summed E-state index contributed by atoms with van der Waals surface area (Å²) in [5.41, 5.74) is 3.90. The summed E-state index contributed by atoms with van der Waals surface area (Å²) in [7, 11) is 0. The lowest BCUT2D eigenvalue weighted by atomic mass is 10.2. The van der Waals surface area contributed by atoms with Crippen LogP contribution in [0.3, 0.4) is 0 Å². The summed E-state index contributed by atoms with van der Waals surface area (Å²) in [6, 6.07) is 18.0. The van der Waals surface area contributed by atoms with Gasteiger partial charge < -0.3 is 4.42 Å². The molecule has 6 heteroatoms. The molecule has 0 radical (unpaired) electrons. The summed E-state index contributed by atoms with van der Waals surface area (Å²) >= 11 is 9.19. The van der Waals surface area contributed by atoms with Gasteiger partial charge in [-0.05, 0) is 60.7 Å². The van der Waals surface area contributed by atoms with E-state index in [9.17, 15) is 4.79 Å². The van der Waals surface area contributed by atoms with Crippen LogP contribution in [-0.2, 0) is 0 Å². The molecule has 1 N–H and O–H groups in total. The van der Waals surface area contributed by atoms with E-state index in [4.69, 9.17) is 16.0 Å². The summed E-state index contributed by atoms with van der Waals surface area (Å²) in [6.07, 6.45) is 1.45. The number of nitrogens with one attached hydrogen (secondary N) is 1. The molecular formula is C18H12BrClN2O2. The first kappa shape index (κ1) is 16.5. The third-order valence-electron chi connectivity index (χ3n) is 3.22. The Morgan fingerprint density at radius 3 is 2.46 bits per heavy atom. The van der Waals surface area contributed by atoms with Crippen LogP contribution in [0.1, 0.15) is 16.1 Å². The molecule has 4 nitrogen and oxygen atoms in total. The van der Waals surface area contributed by atoms with Gasteiger partial charge in [-0.15, -0.1) is 0 Å². The van der Waals surface area contributed by atoms with Gasteiger partial charge in [-0.2, -0.15) is 5.10 Å². The number of amides is 1. The molecule has 3 aromatic rings. The highest BCUT2D eigenvalue weighted by Crippen LogP contribution is 2.23. The average Bonchev–Trinajstić information content (AvgIpc) is 3.05. The van der Waals surface area contributed by atoms with Crippen LogP contribution in [0, 0.1) is 0 Å². The van der Waals surface area contributed by atoms with E-state index >= 15 is 0 Å². The highest BCUT2D eigenvalue weighted by atomic mass is 79.9. The molecule has 0 aliphatic rings. The first-order chi connectivity index (χ1) is 11.6. The Balaban J connectivity index is 1.64. The number of hydrazone groups is 1. The molecule has 0 bridgehead atoms. The standard InChI is InChI=1S/C18H12BrClN2O2/c19-14-5-1-13(2-6-14)18(23)22-21-11-16-9-10-17(24-16)12-3-7-15(20)8-4-12/h1-11H,(H,22,23)/b21-11-. The zero-order valence-electron chi connectivity index (χ0n) is 12.4. The molecule has 120 valence electrons. The molecule has 0 saturated heterocycles. The number of hydrogen-bond acceptors (Lipinski definition) is 3. The van der Waals surface area contributed by atoms with Gasteiger partial charge >= 0.3 is 0 Å². The Bertz CT molecular complexity index is 871. The number of rotatable bonds is 4. The number of halogens is 2. The van der Waals surface area contributed by atoms with Gasteiger partial charge in [-0.1, -0.05) is 27.5 Å². The van der Waals surface area contributed by atoms with Crippen molar-refractivity contribution in [1.82, 2.24) is 5.43 Å². The maximum atomic E-state index is 11.9. The molecule has 1 heterocycles. The maximum Gasteiger partial charge on any atom is 0.271 e. The molecule has 0 unspecified atom stereocenters. The van der Waals surface area contributed by atoms with Crippen LogP contribution in [0.2, 0.25) is 5.02 Å². The van der Waals surface area contributed by atoms with Crippen molar-refractivity contribution in [3.63, 3.8) is 0 Å². The topological polar surface area (TPSA) is 54.6 Å². The lowest BCUT2D eigenvalue weighted by Gasteiger charge is -1.99. The summed E-state index contributed by atoms with van der Waals surface area (Å²) in [6.45, 7) is 0. The second kappa shape index (κ2) is 7.47. The minimum atomic E-state index is -0.289. The molecule has 0 saturated carbocycles. The molecule has 1 amide bonds. The fourth-order valence-electron chi connectivity index (χ4n) is 2.01. The lowest BCUT2D eigenvalue weighted by Crippen LogP contribution is -2.17. The van der Waals surface area contributed by atoms with Crippen molar-refractivity contribution < 1.29 is 9.21 Å². The fraction of sp³-hybridized carbons (Fsp3) is 0. The van der Waals surface area contributed by atoms with Crippen molar-refractivity contribution >= 4 is 39.7 Å². The summed E-state index contributed by atoms with van der Waals surface area (Å²) in [5.74, 6) is 0.951. The van der Waals surface area contributed by atoms with Crippen molar-refractivity contribution in [2.45, 2.75) is 0 Å². The Morgan fingerprint density at radius 2 is 1.75 bits per heavy atom. The number of hydrogen-bond donors (Lipinski definition) is 1. The molecule has 0 fully saturated rings. The first-order valence-corrected chi connectivity index (χ1v) is 8.24. The largest absolute Gasteiger partial charge is 0.455 e. The van der Waals surface area contributed by atoms with Crippen molar-refractivity contribution in [1.29, 1.82) is 0 Å². The van der Waals surface area contributed by atoms with Gasteiger partial charge in [0.15, 0.2) is 0 Å². The monoisotopic (exact) mass is 402 g/mol. The molecule has 1 aromatic heterocycles. The third-order valence-corrected chi connectivity index (χ3v) is 4.00. The summed E-state index contributed by atoms with van der Waals surface area (Å²) < 4.78 is 6.57. The number of carbonyl (C=O) groups is 1. The molecular weight excluding hydrogens is 392 g/mol. The summed E-state index contributed by atoms with van der Waals surface area (Å²) in [5, 5.41) is 4.58. The number of carbonyl (C=O) groups excluding carboxylic acids is 1. The smallest absolute Gasteiger partial charge is 0.271 e. The van der Waals surface area contributed by atoms with Gasteiger partial charge in [0.25, 0.3) is 5.91 Å². The highest BCUT2D eigenvalue weighted by molar-refractivity contribution is 9.10. The third kappa shape index (κ3) is 4.13. The molecule has 0 aliphatic heterocycles. The van der Waals surface area contributed by atoms with Crippen LogP contribution in [0.15, 0.2) is 74.7 Å². The first-order valence-electron chi connectivity index (χ1n) is 7.06. The summed E-state index contributed by atoms with van der Waals surface area (Å²) in [4.78, 5) is 11.9. The van der Waals surface area contributed by atoms with E-state index in [0.29, 0.717) is 22.1 Å². The zero-order valence-corrected chi connectivity index (χ0v) is 14.7. The Labute approximate surface area is 152 Å². The Morgan fingerprint density at radius 1 is 1.04 bits per heavy atom. The molecule has 24 heavy (non-hydrogen) atoms. The molecule has 0 aliphatic carbocycles. The van der Waals surface area contributed by atoms with E-state index in [1.165, 1.54) is 6.21 Å². The molecule has 2 aromatic carbocycles. The predicted octanol–water partition coefficient (Wildman–Crippen LogP) is 5.13. The predicted molar refractivity (Wildman–Crippen MR) is 98.4 cm³/mol. The lowest BCUT2D eigenvalue weighted by molar-refractivity contribution is 0.0955. The van der Waals surface area contributed by atoms with Crippen LogP contribution in [-0.4, -0.2) is 12.1 Å². The maximum absolute atomic E-state index is 11.9. The number of benzene rings is 2. The van der Waals surface area contributed by atoms with Crippen LogP contribution in [0.4, 0.5) is 0 Å². The Hall–Kier alpha value is -2.37. The zero-order chi connectivity index (χ0) is 16.9. The van der Waals surface area contributed by atoms with Gasteiger partial charge in [0.05, 0.1) is 6.21 Å². The van der Waals surface area contributed by atoms with Crippen molar-refractivity contribution in [3.8, 4) is 11.3 Å². The van der Waals surface area contributed by atoms with Crippen LogP contribution >= 0.6 is 27.5 Å². The average molecular weight is 404 g/mol. The SMILES string of the molecule is O=C(N/N=C\c1ccc(-c2ccc(Cl)cc2)o1)c1ccc(Br)cc1. The van der Waals surface area contributed by atoms with E-state index < -0.39 is 0 Å². The van der Waals surface area contributed by atoms with Gasteiger partial charge in [-0.3, -0.25) is 4.79 Å². The van der Waals surface area contributed by atoms with Crippen molar-refractivity contribution in [2.75, 3.05) is 0 Å². The van der Waals surface area contributed by atoms with Crippen molar-refractivity contribution in [3.05, 3.63) is 81.5 Å². The minimum Gasteiger partial charge on any atom is -0.455 e. The quantitative estimate of drug-likeness (QED) is 0.485. The van der Waals surface area contributed by atoms with E-state index in [1.54, 1.807) is 42.5 Å². The van der Waals surface area contributed by atoms with E-state index in [2.05, 4.69) is 26.5 Å². The molecule has 0 atom stereocenters. The fourth-order valence-corrected chi connectivity index (χ4v) is 2.40. The number of nitrogens with zero attached hydrogens (tertiary/aromatic N) is 1. The van der Waals surface area contributed by atoms with Crippen LogP contribution in [0.25, 0.3) is 11.3 Å². The van der Waals surface area contributed by atoms with Crippen LogP contribution < -0.4 is 5.43 Å². The number of furan rings is 1. The van der Waals surface area contributed by atoms with E-state index in [-0.39, 0.29) is 5.91 Å². The second-order valence-corrected chi connectivity index (χ2v) is 6.27. The normalized spacial score (nSPS) is 10.9. The Kier molecular flexibility index (Phi) is 5.13. The van der Waals surface area contributed by atoms with Gasteiger partial charge in [0.1, 0.15) is 11.5 Å². The highest BCUT2D eigenvalue weighted by Gasteiger charge is 2.05. The molecule has 3 rings (SSSR count).